The van der Waals surface area contributed by atoms with Gasteiger partial charge in [-0.15, -0.1) is 0 Å². The first-order valence-electron chi connectivity index (χ1n) is 6.49. The van der Waals surface area contributed by atoms with Crippen molar-refractivity contribution in [3.05, 3.63) is 0 Å². The van der Waals surface area contributed by atoms with Crippen LogP contribution >= 0.6 is 0 Å². The second-order valence-corrected chi connectivity index (χ2v) is 7.57. The second-order valence-electron chi connectivity index (χ2n) is 5.31. The number of hydrogen-bond acceptors (Lipinski definition) is 2. The molecule has 2 heterocycles. The standard InChI is InChI=1S/C11H20NO2S.BF4/c1-8(2)9-6-14-11-4-5-15(3)7-10(13)12(9)11;2-1(3,4)5/h8-9,11H,4-7H2,1-3H3;/q+1;-1/t9-,11-,15?;/m1./s1. The fraction of sp³-hybridized carbons (Fsp3) is 0.909. The van der Waals surface area contributed by atoms with Crippen molar-refractivity contribution >= 4 is 24.1 Å². The predicted octanol–water partition coefficient (Wildman–Crippen LogP) is 2.15. The van der Waals surface area contributed by atoms with Gasteiger partial charge in [-0.2, -0.15) is 0 Å². The molecule has 2 saturated heterocycles. The van der Waals surface area contributed by atoms with Crippen molar-refractivity contribution in [1.82, 2.24) is 4.90 Å². The molecule has 0 aromatic rings. The van der Waals surface area contributed by atoms with Crippen LogP contribution in [0.2, 0.25) is 0 Å². The van der Waals surface area contributed by atoms with Crippen LogP contribution in [-0.4, -0.2) is 54.7 Å². The normalized spacial score (nSPS) is 30.7. The Morgan fingerprint density at radius 2 is 1.90 bits per heavy atom. The Kier molecular flexibility index (Phi) is 6.18. The molecule has 9 heteroatoms. The van der Waals surface area contributed by atoms with E-state index in [1.165, 1.54) is 0 Å². The Morgan fingerprint density at radius 3 is 2.40 bits per heavy atom. The van der Waals surface area contributed by atoms with Crippen LogP contribution < -0.4 is 0 Å². The van der Waals surface area contributed by atoms with Gasteiger partial charge in [0.1, 0.15) is 12.0 Å². The summed E-state index contributed by atoms with van der Waals surface area (Å²) >= 11 is 0. The van der Waals surface area contributed by atoms with E-state index in [0.717, 1.165) is 24.5 Å². The number of rotatable bonds is 1. The maximum Gasteiger partial charge on any atom is 0.673 e. The van der Waals surface area contributed by atoms with E-state index in [1.807, 2.05) is 4.90 Å². The number of amides is 1. The molecule has 2 aliphatic heterocycles. The average Bonchev–Trinajstić information content (AvgIpc) is 2.62. The molecule has 0 N–H and O–H groups in total. The molecule has 0 spiro atoms. The Hall–Kier alpha value is -0.435. The van der Waals surface area contributed by atoms with Gasteiger partial charge in [0.05, 0.1) is 18.9 Å². The van der Waals surface area contributed by atoms with Crippen LogP contribution in [0, 0.1) is 5.92 Å². The van der Waals surface area contributed by atoms with E-state index < -0.39 is 7.25 Å². The summed E-state index contributed by atoms with van der Waals surface area (Å²) in [4.78, 5) is 14.1. The van der Waals surface area contributed by atoms with Crippen molar-refractivity contribution in [1.29, 1.82) is 0 Å². The van der Waals surface area contributed by atoms with Gasteiger partial charge in [0, 0.05) is 6.42 Å². The van der Waals surface area contributed by atoms with Crippen LogP contribution in [0.3, 0.4) is 0 Å². The first kappa shape index (κ1) is 17.6. The first-order valence-corrected chi connectivity index (χ1v) is 8.46. The third-order valence-electron chi connectivity index (χ3n) is 3.27. The quantitative estimate of drug-likeness (QED) is 0.421. The molecular formula is C11H20BF4NO2S. The molecule has 0 aliphatic carbocycles. The highest BCUT2D eigenvalue weighted by molar-refractivity contribution is 7.96. The zero-order chi connectivity index (χ0) is 15.5. The number of nitrogens with zero attached hydrogens (tertiary/aromatic N) is 1. The Morgan fingerprint density at radius 1 is 1.35 bits per heavy atom. The van der Waals surface area contributed by atoms with E-state index in [0.29, 0.717) is 17.9 Å². The average molecular weight is 317 g/mol. The van der Waals surface area contributed by atoms with Crippen molar-refractivity contribution in [3.63, 3.8) is 0 Å². The molecule has 0 aromatic heterocycles. The van der Waals surface area contributed by atoms with E-state index in [-0.39, 0.29) is 17.1 Å². The van der Waals surface area contributed by atoms with Crippen LogP contribution in [0.25, 0.3) is 0 Å². The summed E-state index contributed by atoms with van der Waals surface area (Å²) in [6.07, 6.45) is 3.28. The topological polar surface area (TPSA) is 29.5 Å². The Labute approximate surface area is 119 Å². The number of hydrogen-bond donors (Lipinski definition) is 0. The number of halogens is 4. The molecule has 0 bridgehead atoms. The molecule has 2 fully saturated rings. The van der Waals surface area contributed by atoms with Gasteiger partial charge in [-0.1, -0.05) is 13.8 Å². The fourth-order valence-corrected chi connectivity index (χ4v) is 3.64. The smallest absolute Gasteiger partial charge is 0.418 e. The summed E-state index contributed by atoms with van der Waals surface area (Å²) in [6, 6.07) is 0.303. The molecule has 1 unspecified atom stereocenters. The van der Waals surface area contributed by atoms with Gasteiger partial charge in [0.15, 0.2) is 5.75 Å². The molecule has 3 atom stereocenters. The molecule has 20 heavy (non-hydrogen) atoms. The SMILES string of the molecule is CC(C)[C@H]1CO[C@@H]2CC[S+](C)CC(=O)N12.F[B-](F)(F)F. The molecule has 2 aliphatic rings. The first-order chi connectivity index (χ1) is 9.09. The minimum absolute atomic E-state index is 0.0716. The van der Waals surface area contributed by atoms with Crippen LogP contribution in [0.4, 0.5) is 17.3 Å². The van der Waals surface area contributed by atoms with E-state index in [9.17, 15) is 22.1 Å². The lowest BCUT2D eigenvalue weighted by atomic mass is 10.0. The lowest BCUT2D eigenvalue weighted by Gasteiger charge is -2.27. The summed E-state index contributed by atoms with van der Waals surface area (Å²) in [5, 5.41) is 0. The summed E-state index contributed by atoms with van der Waals surface area (Å²) in [7, 11) is -5.75. The molecule has 0 aromatic carbocycles. The lowest BCUT2D eigenvalue weighted by Crippen LogP contribution is -2.44. The summed E-state index contributed by atoms with van der Waals surface area (Å²) in [5.74, 6) is 2.66. The van der Waals surface area contributed by atoms with Crippen molar-refractivity contribution in [3.8, 4) is 0 Å². The zero-order valence-electron chi connectivity index (χ0n) is 11.8. The summed E-state index contributed by atoms with van der Waals surface area (Å²) in [5.41, 5.74) is 0. The fourth-order valence-electron chi connectivity index (χ4n) is 2.32. The van der Waals surface area contributed by atoms with E-state index in [4.69, 9.17) is 4.74 Å². The number of carbonyl (C=O) groups excluding carboxylic acids is 1. The van der Waals surface area contributed by atoms with Crippen molar-refractivity contribution in [2.75, 3.05) is 24.4 Å². The number of carbonyl (C=O) groups is 1. The molecule has 118 valence electrons. The van der Waals surface area contributed by atoms with Crippen molar-refractivity contribution in [2.45, 2.75) is 32.5 Å². The van der Waals surface area contributed by atoms with Crippen molar-refractivity contribution < 1.29 is 26.8 Å². The van der Waals surface area contributed by atoms with Gasteiger partial charge in [-0.3, -0.25) is 4.79 Å². The van der Waals surface area contributed by atoms with E-state index in [2.05, 4.69) is 20.1 Å². The summed E-state index contributed by atoms with van der Waals surface area (Å²) in [6.45, 7) is 5.06. The Balaban J connectivity index is 0.000000347. The van der Waals surface area contributed by atoms with Crippen LogP contribution in [0.1, 0.15) is 20.3 Å². The molecule has 0 saturated carbocycles. The molecule has 1 amide bonds. The van der Waals surface area contributed by atoms with Gasteiger partial charge in [-0.25, -0.2) is 0 Å². The highest BCUT2D eigenvalue weighted by atomic mass is 32.2. The van der Waals surface area contributed by atoms with Crippen LogP contribution in [0.5, 0.6) is 0 Å². The second kappa shape index (κ2) is 7.02. The van der Waals surface area contributed by atoms with E-state index >= 15 is 0 Å². The van der Waals surface area contributed by atoms with E-state index in [1.54, 1.807) is 0 Å². The zero-order valence-corrected chi connectivity index (χ0v) is 12.6. The van der Waals surface area contributed by atoms with Gasteiger partial charge in [0.2, 0.25) is 0 Å². The number of fused-ring (bicyclic) bond motifs is 1. The van der Waals surface area contributed by atoms with Gasteiger partial charge >= 0.3 is 7.25 Å². The van der Waals surface area contributed by atoms with Gasteiger partial charge in [0.25, 0.3) is 5.91 Å². The van der Waals surface area contributed by atoms with Crippen LogP contribution in [0.15, 0.2) is 0 Å². The molecular weight excluding hydrogens is 297 g/mol. The minimum Gasteiger partial charge on any atom is -0.418 e. The highest BCUT2D eigenvalue weighted by Gasteiger charge is 2.43. The van der Waals surface area contributed by atoms with Crippen molar-refractivity contribution in [2.24, 2.45) is 5.92 Å². The largest absolute Gasteiger partial charge is 0.673 e. The molecule has 3 nitrogen and oxygen atoms in total. The summed E-state index contributed by atoms with van der Waals surface area (Å²) < 4.78 is 44.7. The monoisotopic (exact) mass is 317 g/mol. The maximum absolute atomic E-state index is 12.1. The third kappa shape index (κ3) is 5.51. The minimum atomic E-state index is -6.00. The predicted molar refractivity (Wildman–Crippen MR) is 73.0 cm³/mol. The molecule has 2 rings (SSSR count). The third-order valence-corrected chi connectivity index (χ3v) is 4.94. The Bertz CT molecular complexity index is 337. The lowest BCUT2D eigenvalue weighted by molar-refractivity contribution is -0.135. The maximum atomic E-state index is 12.1. The van der Waals surface area contributed by atoms with Gasteiger partial charge in [-0.05, 0) is 16.8 Å². The highest BCUT2D eigenvalue weighted by Crippen LogP contribution is 2.27. The molecule has 0 radical (unpaired) electrons. The number of ether oxygens (including phenoxy) is 1. The van der Waals surface area contributed by atoms with Gasteiger partial charge < -0.3 is 26.9 Å². The van der Waals surface area contributed by atoms with Crippen LogP contribution in [-0.2, 0) is 20.4 Å².